The largest absolute Gasteiger partial charge is 0.492 e. The summed E-state index contributed by atoms with van der Waals surface area (Å²) in [6.07, 6.45) is 3.44. The molecule has 0 heterocycles. The molecule has 0 aliphatic rings. The van der Waals surface area contributed by atoms with Crippen LogP contribution < -0.4 is 10.1 Å². The molecular formula is C17H28BrNO. The van der Waals surface area contributed by atoms with Gasteiger partial charge in [0, 0.05) is 6.04 Å². The fraction of sp³-hybridized carbons (Fsp3) is 0.647. The monoisotopic (exact) mass is 341 g/mol. The molecule has 1 aromatic rings. The van der Waals surface area contributed by atoms with Crippen molar-refractivity contribution < 1.29 is 4.74 Å². The maximum atomic E-state index is 5.71. The van der Waals surface area contributed by atoms with Crippen LogP contribution in [-0.2, 0) is 0 Å². The number of benzene rings is 1. The van der Waals surface area contributed by atoms with Crippen LogP contribution in [0.1, 0.15) is 58.6 Å². The molecule has 0 radical (unpaired) electrons. The molecule has 20 heavy (non-hydrogen) atoms. The Morgan fingerprint density at radius 1 is 1.20 bits per heavy atom. The Balaban J connectivity index is 2.77. The average Bonchev–Trinajstić information content (AvgIpc) is 2.42. The lowest BCUT2D eigenvalue weighted by atomic mass is 9.97. The molecule has 114 valence electrons. The quantitative estimate of drug-likeness (QED) is 0.655. The molecule has 3 heteroatoms. The molecule has 0 fully saturated rings. The van der Waals surface area contributed by atoms with E-state index in [1.807, 2.05) is 0 Å². The number of halogens is 1. The summed E-state index contributed by atoms with van der Waals surface area (Å²) in [5.41, 5.74) is 1.34. The van der Waals surface area contributed by atoms with Crippen LogP contribution in [-0.4, -0.2) is 13.2 Å². The summed E-state index contributed by atoms with van der Waals surface area (Å²) in [5, 5.41) is 3.58. The second-order valence-corrected chi connectivity index (χ2v) is 6.47. The smallest absolute Gasteiger partial charge is 0.133 e. The van der Waals surface area contributed by atoms with Crippen molar-refractivity contribution in [3.05, 3.63) is 28.2 Å². The SMILES string of the molecule is CCCOc1ccc(C(CCC(C)C)NCC)cc1Br. The summed E-state index contributed by atoms with van der Waals surface area (Å²) in [4.78, 5) is 0. The fourth-order valence-corrected chi connectivity index (χ4v) is 2.71. The van der Waals surface area contributed by atoms with Crippen LogP contribution in [0.4, 0.5) is 0 Å². The molecule has 0 amide bonds. The predicted molar refractivity (Wildman–Crippen MR) is 90.4 cm³/mol. The number of ether oxygens (including phenoxy) is 1. The van der Waals surface area contributed by atoms with Crippen LogP contribution in [0.2, 0.25) is 0 Å². The van der Waals surface area contributed by atoms with Gasteiger partial charge in [-0.05, 0) is 65.4 Å². The normalized spacial score (nSPS) is 12.7. The maximum Gasteiger partial charge on any atom is 0.133 e. The van der Waals surface area contributed by atoms with Gasteiger partial charge in [0.1, 0.15) is 5.75 Å². The summed E-state index contributed by atoms with van der Waals surface area (Å²) < 4.78 is 6.76. The van der Waals surface area contributed by atoms with E-state index < -0.39 is 0 Å². The van der Waals surface area contributed by atoms with Crippen LogP contribution in [0.15, 0.2) is 22.7 Å². The molecule has 0 bridgehead atoms. The first kappa shape index (κ1) is 17.5. The molecule has 1 N–H and O–H groups in total. The predicted octanol–water partition coefficient (Wildman–Crippen LogP) is 5.32. The second-order valence-electron chi connectivity index (χ2n) is 5.62. The number of nitrogens with one attached hydrogen (secondary N) is 1. The molecule has 2 nitrogen and oxygen atoms in total. The molecule has 0 aliphatic heterocycles. The molecule has 1 unspecified atom stereocenters. The molecule has 1 rings (SSSR count). The highest BCUT2D eigenvalue weighted by Gasteiger charge is 2.13. The van der Waals surface area contributed by atoms with E-state index in [1.54, 1.807) is 0 Å². The summed E-state index contributed by atoms with van der Waals surface area (Å²) in [5.74, 6) is 1.68. The van der Waals surface area contributed by atoms with Crippen molar-refractivity contribution in [3.63, 3.8) is 0 Å². The molecule has 0 aromatic heterocycles. The Morgan fingerprint density at radius 2 is 1.95 bits per heavy atom. The van der Waals surface area contributed by atoms with Crippen molar-refractivity contribution in [1.82, 2.24) is 5.32 Å². The van der Waals surface area contributed by atoms with Gasteiger partial charge in [0.2, 0.25) is 0 Å². The van der Waals surface area contributed by atoms with Gasteiger partial charge in [0.05, 0.1) is 11.1 Å². The van der Waals surface area contributed by atoms with E-state index in [0.717, 1.165) is 35.7 Å². The molecule has 0 spiro atoms. The fourth-order valence-electron chi connectivity index (χ4n) is 2.20. The van der Waals surface area contributed by atoms with Crippen LogP contribution in [0.5, 0.6) is 5.75 Å². The van der Waals surface area contributed by atoms with Gasteiger partial charge in [0.15, 0.2) is 0 Å². The van der Waals surface area contributed by atoms with Gasteiger partial charge in [-0.3, -0.25) is 0 Å². The minimum Gasteiger partial charge on any atom is -0.492 e. The van der Waals surface area contributed by atoms with Crippen molar-refractivity contribution in [1.29, 1.82) is 0 Å². The maximum absolute atomic E-state index is 5.71. The molecule has 0 aliphatic carbocycles. The Labute approximate surface area is 132 Å². The Hall–Kier alpha value is -0.540. The zero-order valence-corrected chi connectivity index (χ0v) is 14.8. The lowest BCUT2D eigenvalue weighted by Crippen LogP contribution is -2.21. The van der Waals surface area contributed by atoms with Crippen LogP contribution in [0.25, 0.3) is 0 Å². The Kier molecular flexibility index (Phi) is 8.24. The first-order valence-corrected chi connectivity index (χ1v) is 8.53. The third-order valence-electron chi connectivity index (χ3n) is 3.30. The van der Waals surface area contributed by atoms with Gasteiger partial charge in [0.25, 0.3) is 0 Å². The van der Waals surface area contributed by atoms with E-state index in [-0.39, 0.29) is 0 Å². The lowest BCUT2D eigenvalue weighted by Gasteiger charge is -2.20. The van der Waals surface area contributed by atoms with Crippen LogP contribution >= 0.6 is 15.9 Å². The Bertz CT molecular complexity index is 393. The van der Waals surface area contributed by atoms with Crippen molar-refractivity contribution in [3.8, 4) is 5.75 Å². The molecular weight excluding hydrogens is 314 g/mol. The highest BCUT2D eigenvalue weighted by molar-refractivity contribution is 9.10. The zero-order chi connectivity index (χ0) is 15.0. The topological polar surface area (TPSA) is 21.3 Å². The number of rotatable bonds is 9. The van der Waals surface area contributed by atoms with Gasteiger partial charge < -0.3 is 10.1 Å². The van der Waals surface area contributed by atoms with E-state index in [4.69, 9.17) is 4.74 Å². The van der Waals surface area contributed by atoms with Crippen LogP contribution in [0, 0.1) is 5.92 Å². The summed E-state index contributed by atoms with van der Waals surface area (Å²) in [7, 11) is 0. The van der Waals surface area contributed by atoms with E-state index in [1.165, 1.54) is 18.4 Å². The second kappa shape index (κ2) is 9.41. The van der Waals surface area contributed by atoms with E-state index in [0.29, 0.717) is 6.04 Å². The summed E-state index contributed by atoms with van der Waals surface area (Å²) >= 11 is 3.62. The summed E-state index contributed by atoms with van der Waals surface area (Å²) in [6.45, 7) is 10.6. The highest BCUT2D eigenvalue weighted by Crippen LogP contribution is 2.30. The van der Waals surface area contributed by atoms with Gasteiger partial charge in [-0.25, -0.2) is 0 Å². The zero-order valence-electron chi connectivity index (χ0n) is 13.2. The van der Waals surface area contributed by atoms with Gasteiger partial charge >= 0.3 is 0 Å². The van der Waals surface area contributed by atoms with Crippen LogP contribution in [0.3, 0.4) is 0 Å². The van der Waals surface area contributed by atoms with Gasteiger partial charge in [-0.2, -0.15) is 0 Å². The van der Waals surface area contributed by atoms with E-state index in [9.17, 15) is 0 Å². The molecule has 0 saturated heterocycles. The van der Waals surface area contributed by atoms with Crippen molar-refractivity contribution >= 4 is 15.9 Å². The van der Waals surface area contributed by atoms with Gasteiger partial charge in [-0.15, -0.1) is 0 Å². The van der Waals surface area contributed by atoms with E-state index in [2.05, 4.69) is 67.1 Å². The minimum absolute atomic E-state index is 0.430. The van der Waals surface area contributed by atoms with E-state index >= 15 is 0 Å². The van der Waals surface area contributed by atoms with Crippen molar-refractivity contribution in [2.45, 2.75) is 53.0 Å². The molecule has 1 atom stereocenters. The average molecular weight is 342 g/mol. The third kappa shape index (κ3) is 5.84. The number of hydrogen-bond donors (Lipinski definition) is 1. The Morgan fingerprint density at radius 3 is 2.50 bits per heavy atom. The summed E-state index contributed by atoms with van der Waals surface area (Å²) in [6, 6.07) is 6.88. The minimum atomic E-state index is 0.430. The highest BCUT2D eigenvalue weighted by atomic mass is 79.9. The van der Waals surface area contributed by atoms with Crippen molar-refractivity contribution in [2.75, 3.05) is 13.2 Å². The number of hydrogen-bond acceptors (Lipinski definition) is 2. The third-order valence-corrected chi connectivity index (χ3v) is 3.92. The molecule has 0 saturated carbocycles. The first-order valence-electron chi connectivity index (χ1n) is 7.74. The van der Waals surface area contributed by atoms with Crippen molar-refractivity contribution in [2.24, 2.45) is 5.92 Å². The lowest BCUT2D eigenvalue weighted by molar-refractivity contribution is 0.315. The van der Waals surface area contributed by atoms with Gasteiger partial charge in [-0.1, -0.05) is 33.8 Å². The first-order chi connectivity index (χ1) is 9.58. The standard InChI is InChI=1S/C17H28BrNO/c1-5-11-20-17-10-8-14(12-15(17)18)16(19-6-2)9-7-13(3)4/h8,10,12-13,16,19H,5-7,9,11H2,1-4H3. The molecule has 1 aromatic carbocycles.